The van der Waals surface area contributed by atoms with Crippen molar-refractivity contribution < 1.29 is 14.7 Å². The average Bonchev–Trinajstić information content (AvgIpc) is 2.91. The Morgan fingerprint density at radius 3 is 2.89 bits per heavy atom. The molecular formula is C11H14N4O3S. The number of carboxylic acids is 1. The van der Waals surface area contributed by atoms with Crippen LogP contribution in [0.4, 0.5) is 10.5 Å². The molecule has 1 saturated carbocycles. The first-order valence-corrected chi connectivity index (χ1v) is 7.14. The predicted octanol–water partition coefficient (Wildman–Crippen LogP) is 1.18. The molecule has 8 heteroatoms. The lowest BCUT2D eigenvalue weighted by molar-refractivity contribution is -0.141. The van der Waals surface area contributed by atoms with Crippen molar-refractivity contribution in [3.63, 3.8) is 0 Å². The van der Waals surface area contributed by atoms with E-state index < -0.39 is 12.0 Å². The van der Waals surface area contributed by atoms with Crippen LogP contribution >= 0.6 is 11.8 Å². The molecule has 3 N–H and O–H groups in total. The third-order valence-electron chi connectivity index (χ3n) is 3.33. The van der Waals surface area contributed by atoms with Crippen LogP contribution in [0.15, 0.2) is 12.4 Å². The van der Waals surface area contributed by atoms with E-state index in [0.29, 0.717) is 17.4 Å². The number of hydrogen-bond acceptors (Lipinski definition) is 4. The molecule has 19 heavy (non-hydrogen) atoms. The van der Waals surface area contributed by atoms with Crippen molar-refractivity contribution in [3.05, 3.63) is 12.4 Å². The van der Waals surface area contributed by atoms with E-state index in [2.05, 4.69) is 15.5 Å². The number of H-pyrrole nitrogens is 1. The van der Waals surface area contributed by atoms with E-state index in [1.165, 1.54) is 11.1 Å². The maximum absolute atomic E-state index is 12.3. The largest absolute Gasteiger partial charge is 0.480 e. The number of aromatic nitrogens is 2. The number of nitrogens with one attached hydrogen (secondary N) is 2. The van der Waals surface area contributed by atoms with Gasteiger partial charge in [0.1, 0.15) is 6.04 Å². The Bertz CT molecular complexity index is 488. The highest BCUT2D eigenvalue weighted by molar-refractivity contribution is 8.00. The molecule has 102 valence electrons. The van der Waals surface area contributed by atoms with Crippen molar-refractivity contribution >= 4 is 29.4 Å². The van der Waals surface area contributed by atoms with Gasteiger partial charge in [0.05, 0.1) is 17.3 Å². The Kier molecular flexibility index (Phi) is 3.09. The summed E-state index contributed by atoms with van der Waals surface area (Å²) >= 11 is 1.56. The summed E-state index contributed by atoms with van der Waals surface area (Å²) in [5.74, 6) is -0.0579. The average molecular weight is 282 g/mol. The second-order valence-electron chi connectivity index (χ2n) is 4.74. The lowest BCUT2D eigenvalue weighted by atomic mass is 10.2. The van der Waals surface area contributed by atoms with E-state index in [1.54, 1.807) is 18.0 Å². The predicted molar refractivity (Wildman–Crippen MR) is 69.8 cm³/mol. The first-order valence-electron chi connectivity index (χ1n) is 6.09. The summed E-state index contributed by atoms with van der Waals surface area (Å²) in [6.45, 7) is 0. The summed E-state index contributed by atoms with van der Waals surface area (Å²) in [4.78, 5) is 25.0. The van der Waals surface area contributed by atoms with Gasteiger partial charge in [0.15, 0.2) is 0 Å². The maximum Gasteiger partial charge on any atom is 0.327 e. The van der Waals surface area contributed by atoms with Gasteiger partial charge >= 0.3 is 12.0 Å². The quantitative estimate of drug-likeness (QED) is 0.773. The number of rotatable bonds is 3. The smallest absolute Gasteiger partial charge is 0.327 e. The van der Waals surface area contributed by atoms with Crippen molar-refractivity contribution in [2.75, 3.05) is 11.1 Å². The Labute approximate surface area is 113 Å². The number of thioether (sulfide) groups is 1. The number of carbonyl (C=O) groups is 2. The molecule has 1 aliphatic heterocycles. The number of hydrogen-bond donors (Lipinski definition) is 3. The van der Waals surface area contributed by atoms with Gasteiger partial charge in [0.25, 0.3) is 0 Å². The SMILES string of the molecule is O=C(O)C1CSC(C2CC2)N1C(=O)Nc1cn[nH]c1. The number of aliphatic carboxylic acids is 1. The lowest BCUT2D eigenvalue weighted by Gasteiger charge is -2.27. The molecule has 0 bridgehead atoms. The van der Waals surface area contributed by atoms with Crippen molar-refractivity contribution in [2.24, 2.45) is 5.92 Å². The van der Waals surface area contributed by atoms with Crippen LogP contribution in [0.25, 0.3) is 0 Å². The molecule has 1 aromatic rings. The van der Waals surface area contributed by atoms with Gasteiger partial charge in [0, 0.05) is 11.9 Å². The monoisotopic (exact) mass is 282 g/mol. The normalized spacial score (nSPS) is 26.4. The van der Waals surface area contributed by atoms with Crippen LogP contribution < -0.4 is 5.32 Å². The van der Waals surface area contributed by atoms with Crippen molar-refractivity contribution in [3.8, 4) is 0 Å². The third kappa shape index (κ3) is 2.40. The summed E-state index contributed by atoms with van der Waals surface area (Å²) in [6, 6.07) is -1.11. The molecule has 1 aliphatic carbocycles. The highest BCUT2D eigenvalue weighted by atomic mass is 32.2. The molecule has 2 amide bonds. The molecule has 2 atom stereocenters. The number of amides is 2. The minimum absolute atomic E-state index is 0.0204. The molecule has 1 saturated heterocycles. The second-order valence-corrected chi connectivity index (χ2v) is 5.89. The van der Waals surface area contributed by atoms with Crippen LogP contribution in [0.1, 0.15) is 12.8 Å². The van der Waals surface area contributed by atoms with Crippen molar-refractivity contribution in [2.45, 2.75) is 24.3 Å². The van der Waals surface area contributed by atoms with E-state index in [9.17, 15) is 14.7 Å². The van der Waals surface area contributed by atoms with Gasteiger partial charge in [-0.2, -0.15) is 5.10 Å². The fraction of sp³-hybridized carbons (Fsp3) is 0.545. The van der Waals surface area contributed by atoms with Gasteiger partial charge in [-0.05, 0) is 18.8 Å². The molecule has 0 aromatic carbocycles. The van der Waals surface area contributed by atoms with Crippen LogP contribution in [0.3, 0.4) is 0 Å². The fourth-order valence-corrected chi connectivity index (χ4v) is 3.86. The summed E-state index contributed by atoms with van der Waals surface area (Å²) in [5, 5.41) is 18.2. The van der Waals surface area contributed by atoms with Gasteiger partial charge < -0.3 is 10.4 Å². The number of carboxylic acid groups (broad SMARTS) is 1. The van der Waals surface area contributed by atoms with Crippen molar-refractivity contribution in [1.29, 1.82) is 0 Å². The zero-order valence-electron chi connectivity index (χ0n) is 10.1. The molecule has 2 fully saturated rings. The van der Waals surface area contributed by atoms with Crippen LogP contribution in [-0.4, -0.2) is 49.4 Å². The molecule has 1 aromatic heterocycles. The number of aromatic amines is 1. The van der Waals surface area contributed by atoms with E-state index in [1.807, 2.05) is 0 Å². The minimum Gasteiger partial charge on any atom is -0.480 e. The number of carbonyl (C=O) groups excluding carboxylic acids is 1. The number of urea groups is 1. The van der Waals surface area contributed by atoms with Crippen LogP contribution in [0.2, 0.25) is 0 Å². The standard InChI is InChI=1S/C11H14N4O3S/c16-10(17)8-5-19-9(6-1-2-6)15(8)11(18)14-7-3-12-13-4-7/h3-4,6,8-9H,1-2,5H2,(H,12,13)(H,14,18)(H,16,17). The van der Waals surface area contributed by atoms with Crippen LogP contribution in [0.5, 0.6) is 0 Å². The van der Waals surface area contributed by atoms with E-state index in [-0.39, 0.29) is 11.4 Å². The van der Waals surface area contributed by atoms with E-state index in [0.717, 1.165) is 12.8 Å². The molecule has 3 rings (SSSR count). The number of anilines is 1. The Morgan fingerprint density at radius 2 is 2.32 bits per heavy atom. The first kappa shape index (κ1) is 12.3. The molecule has 7 nitrogen and oxygen atoms in total. The van der Waals surface area contributed by atoms with E-state index in [4.69, 9.17) is 0 Å². The molecule has 2 aliphatic rings. The van der Waals surface area contributed by atoms with Gasteiger partial charge in [-0.25, -0.2) is 9.59 Å². The maximum atomic E-state index is 12.3. The summed E-state index contributed by atoms with van der Waals surface area (Å²) in [5.41, 5.74) is 0.542. The zero-order chi connectivity index (χ0) is 13.4. The van der Waals surface area contributed by atoms with Gasteiger partial charge in [0.2, 0.25) is 0 Å². The lowest BCUT2D eigenvalue weighted by Crippen LogP contribution is -2.48. The fourth-order valence-electron chi connectivity index (χ4n) is 2.23. The second kappa shape index (κ2) is 4.76. The van der Waals surface area contributed by atoms with Crippen LogP contribution in [-0.2, 0) is 4.79 Å². The highest BCUT2D eigenvalue weighted by Gasteiger charge is 2.48. The van der Waals surface area contributed by atoms with Gasteiger partial charge in [-0.15, -0.1) is 11.8 Å². The highest BCUT2D eigenvalue weighted by Crippen LogP contribution is 2.45. The van der Waals surface area contributed by atoms with Gasteiger partial charge in [-0.3, -0.25) is 10.00 Å². The molecule has 2 heterocycles. The third-order valence-corrected chi connectivity index (χ3v) is 4.79. The molecular weight excluding hydrogens is 268 g/mol. The molecule has 0 spiro atoms. The first-order chi connectivity index (χ1) is 9.16. The Hall–Kier alpha value is -1.70. The minimum atomic E-state index is -0.946. The summed E-state index contributed by atoms with van der Waals surface area (Å²) in [6.07, 6.45) is 5.19. The number of nitrogens with zero attached hydrogens (tertiary/aromatic N) is 2. The van der Waals surface area contributed by atoms with Crippen LogP contribution in [0, 0.1) is 5.92 Å². The topological polar surface area (TPSA) is 98.3 Å². The van der Waals surface area contributed by atoms with Crippen molar-refractivity contribution in [1.82, 2.24) is 15.1 Å². The van der Waals surface area contributed by atoms with E-state index >= 15 is 0 Å². The molecule has 0 radical (unpaired) electrons. The zero-order valence-corrected chi connectivity index (χ0v) is 10.9. The van der Waals surface area contributed by atoms with Gasteiger partial charge in [-0.1, -0.05) is 0 Å². The Morgan fingerprint density at radius 1 is 1.53 bits per heavy atom. The summed E-state index contributed by atoms with van der Waals surface area (Å²) < 4.78 is 0. The Balaban J connectivity index is 1.76. The molecule has 2 unspecified atom stereocenters. The summed E-state index contributed by atoms with van der Waals surface area (Å²) in [7, 11) is 0.